The van der Waals surface area contributed by atoms with Crippen LogP contribution in [0.3, 0.4) is 0 Å². The predicted molar refractivity (Wildman–Crippen MR) is 124 cm³/mol. The molecule has 0 atom stereocenters. The number of likely N-dealkylation sites (tertiary alicyclic amines) is 1. The van der Waals surface area contributed by atoms with Gasteiger partial charge in [0.15, 0.2) is 0 Å². The molecule has 5 nitrogen and oxygen atoms in total. The largest absolute Gasteiger partial charge is 0.352 e. The summed E-state index contributed by atoms with van der Waals surface area (Å²) in [7, 11) is 0. The van der Waals surface area contributed by atoms with E-state index in [1.807, 2.05) is 35.3 Å². The minimum Gasteiger partial charge on any atom is -0.352 e. The fourth-order valence-corrected chi connectivity index (χ4v) is 4.47. The van der Waals surface area contributed by atoms with E-state index in [2.05, 4.69) is 33.4 Å². The van der Waals surface area contributed by atoms with E-state index in [0.29, 0.717) is 16.6 Å². The second-order valence-electron chi connectivity index (χ2n) is 8.06. The van der Waals surface area contributed by atoms with Gasteiger partial charge in [-0.05, 0) is 54.8 Å². The molecule has 2 heterocycles. The summed E-state index contributed by atoms with van der Waals surface area (Å²) in [5.74, 6) is 0.204. The van der Waals surface area contributed by atoms with Crippen molar-refractivity contribution in [2.45, 2.75) is 32.5 Å². The predicted octanol–water partition coefficient (Wildman–Crippen LogP) is 4.77. The van der Waals surface area contributed by atoms with Gasteiger partial charge in [0.2, 0.25) is 5.91 Å². The summed E-state index contributed by atoms with van der Waals surface area (Å²) in [5.41, 5.74) is 3.38. The van der Waals surface area contributed by atoms with E-state index in [1.54, 1.807) is 12.3 Å². The standard InChI is InChI=1S/C24H26Cl2N4O/c25-22-5-4-21(23(26)13-22)16-29-9-6-20(7-10-29)24(31)28-14-18-2-1-3-19(12-18)15-30-11-8-27-17-30/h1-5,8,11-13,17,20H,6-7,9-10,14-16H2,(H,28,31). The van der Waals surface area contributed by atoms with Gasteiger partial charge in [-0.25, -0.2) is 4.98 Å². The Balaban J connectivity index is 1.24. The lowest BCUT2D eigenvalue weighted by Crippen LogP contribution is -2.40. The van der Waals surface area contributed by atoms with Crippen LogP contribution in [0.5, 0.6) is 0 Å². The molecule has 1 amide bonds. The molecule has 162 valence electrons. The van der Waals surface area contributed by atoms with Gasteiger partial charge in [0.05, 0.1) is 6.33 Å². The van der Waals surface area contributed by atoms with Crippen molar-refractivity contribution in [2.24, 2.45) is 5.92 Å². The first-order valence-electron chi connectivity index (χ1n) is 10.5. The highest BCUT2D eigenvalue weighted by atomic mass is 35.5. The molecule has 31 heavy (non-hydrogen) atoms. The minimum absolute atomic E-state index is 0.0612. The highest BCUT2D eigenvalue weighted by molar-refractivity contribution is 6.35. The van der Waals surface area contributed by atoms with Crippen LogP contribution >= 0.6 is 23.2 Å². The number of halogens is 2. The fourth-order valence-electron chi connectivity index (χ4n) is 4.01. The number of rotatable bonds is 7. The summed E-state index contributed by atoms with van der Waals surface area (Å²) in [5, 5.41) is 4.47. The van der Waals surface area contributed by atoms with Crippen molar-refractivity contribution in [3.8, 4) is 0 Å². The number of amides is 1. The number of hydrogen-bond donors (Lipinski definition) is 1. The molecule has 0 unspecified atom stereocenters. The van der Waals surface area contributed by atoms with Crippen LogP contribution in [0.15, 0.2) is 61.2 Å². The second-order valence-corrected chi connectivity index (χ2v) is 8.90. The lowest BCUT2D eigenvalue weighted by atomic mass is 9.95. The molecule has 0 aliphatic carbocycles. The molecular formula is C24H26Cl2N4O. The number of benzene rings is 2. The van der Waals surface area contributed by atoms with Gasteiger partial charge in [-0.1, -0.05) is 53.5 Å². The van der Waals surface area contributed by atoms with E-state index in [0.717, 1.165) is 50.1 Å². The Kier molecular flexibility index (Phi) is 7.28. The van der Waals surface area contributed by atoms with Crippen LogP contribution in [0.2, 0.25) is 10.0 Å². The Morgan fingerprint density at radius 2 is 1.87 bits per heavy atom. The molecule has 1 aliphatic rings. The van der Waals surface area contributed by atoms with Gasteiger partial charge in [-0.15, -0.1) is 0 Å². The third-order valence-electron chi connectivity index (χ3n) is 5.75. The van der Waals surface area contributed by atoms with E-state index < -0.39 is 0 Å². The normalized spacial score (nSPS) is 15.2. The summed E-state index contributed by atoms with van der Waals surface area (Å²) in [6, 6.07) is 13.9. The van der Waals surface area contributed by atoms with Gasteiger partial charge in [0, 0.05) is 48.0 Å². The van der Waals surface area contributed by atoms with Gasteiger partial charge in [0.25, 0.3) is 0 Å². The summed E-state index contributed by atoms with van der Waals surface area (Å²) in [4.78, 5) is 19.1. The van der Waals surface area contributed by atoms with Crippen molar-refractivity contribution in [3.05, 3.63) is 87.9 Å². The molecule has 1 fully saturated rings. The zero-order chi connectivity index (χ0) is 21.6. The molecular weight excluding hydrogens is 431 g/mol. The van der Waals surface area contributed by atoms with Crippen molar-refractivity contribution in [1.82, 2.24) is 19.8 Å². The van der Waals surface area contributed by atoms with Crippen LogP contribution in [0.1, 0.15) is 29.5 Å². The number of imidazole rings is 1. The van der Waals surface area contributed by atoms with Gasteiger partial charge in [0.1, 0.15) is 0 Å². The Labute approximate surface area is 193 Å². The first-order valence-corrected chi connectivity index (χ1v) is 11.3. The maximum absolute atomic E-state index is 12.7. The average molecular weight is 457 g/mol. The maximum atomic E-state index is 12.7. The summed E-state index contributed by atoms with van der Waals surface area (Å²) >= 11 is 12.3. The molecule has 3 aromatic rings. The molecule has 7 heteroatoms. The lowest BCUT2D eigenvalue weighted by Gasteiger charge is -2.31. The molecule has 0 bridgehead atoms. The molecule has 0 radical (unpaired) electrons. The molecule has 1 N–H and O–H groups in total. The van der Waals surface area contributed by atoms with Gasteiger partial charge >= 0.3 is 0 Å². The molecule has 1 aliphatic heterocycles. The van der Waals surface area contributed by atoms with Crippen LogP contribution < -0.4 is 5.32 Å². The third kappa shape index (κ3) is 6.10. The topological polar surface area (TPSA) is 50.2 Å². The van der Waals surface area contributed by atoms with Crippen molar-refractivity contribution in [3.63, 3.8) is 0 Å². The smallest absolute Gasteiger partial charge is 0.223 e. The molecule has 0 spiro atoms. The summed E-state index contributed by atoms with van der Waals surface area (Å²) in [6.07, 6.45) is 7.25. The maximum Gasteiger partial charge on any atom is 0.223 e. The lowest BCUT2D eigenvalue weighted by molar-refractivity contribution is -0.126. The van der Waals surface area contributed by atoms with Crippen molar-refractivity contribution in [1.29, 1.82) is 0 Å². The Bertz CT molecular complexity index is 1010. The summed E-state index contributed by atoms with van der Waals surface area (Å²) < 4.78 is 2.03. The number of aromatic nitrogens is 2. The highest BCUT2D eigenvalue weighted by Gasteiger charge is 2.25. The number of hydrogen-bond acceptors (Lipinski definition) is 3. The van der Waals surface area contributed by atoms with E-state index in [4.69, 9.17) is 23.2 Å². The van der Waals surface area contributed by atoms with Crippen molar-refractivity contribution >= 4 is 29.1 Å². The third-order valence-corrected chi connectivity index (χ3v) is 6.34. The number of carbonyl (C=O) groups excluding carboxylic acids is 1. The van der Waals surface area contributed by atoms with Crippen LogP contribution in [0.25, 0.3) is 0 Å². The average Bonchev–Trinajstić information content (AvgIpc) is 3.28. The first kappa shape index (κ1) is 21.9. The molecule has 0 saturated carbocycles. The summed E-state index contributed by atoms with van der Waals surface area (Å²) in [6.45, 7) is 3.89. The SMILES string of the molecule is O=C(NCc1cccc(Cn2ccnc2)c1)C1CCN(Cc2ccc(Cl)cc2Cl)CC1. The van der Waals surface area contributed by atoms with Crippen molar-refractivity contribution in [2.75, 3.05) is 13.1 Å². The number of nitrogens with one attached hydrogen (secondary N) is 1. The van der Waals surface area contributed by atoms with Crippen molar-refractivity contribution < 1.29 is 4.79 Å². The van der Waals surface area contributed by atoms with E-state index in [1.165, 1.54) is 5.56 Å². The van der Waals surface area contributed by atoms with Crippen LogP contribution in [0, 0.1) is 5.92 Å². The van der Waals surface area contributed by atoms with E-state index in [-0.39, 0.29) is 11.8 Å². The first-order chi connectivity index (χ1) is 15.1. The zero-order valence-electron chi connectivity index (χ0n) is 17.3. The number of nitrogens with zero attached hydrogens (tertiary/aromatic N) is 3. The Morgan fingerprint density at radius 3 is 2.61 bits per heavy atom. The van der Waals surface area contributed by atoms with Gasteiger partial charge < -0.3 is 9.88 Å². The second kappa shape index (κ2) is 10.3. The Hall–Kier alpha value is -2.34. The van der Waals surface area contributed by atoms with Crippen LogP contribution in [0.4, 0.5) is 0 Å². The number of piperidine rings is 1. The quantitative estimate of drug-likeness (QED) is 0.556. The Morgan fingerprint density at radius 1 is 1.06 bits per heavy atom. The molecule has 4 rings (SSSR count). The van der Waals surface area contributed by atoms with Crippen LogP contribution in [-0.4, -0.2) is 33.4 Å². The van der Waals surface area contributed by atoms with Gasteiger partial charge in [-0.2, -0.15) is 0 Å². The van der Waals surface area contributed by atoms with E-state index in [9.17, 15) is 4.79 Å². The molecule has 1 saturated heterocycles. The molecule has 2 aromatic carbocycles. The number of carbonyl (C=O) groups is 1. The minimum atomic E-state index is 0.0612. The monoisotopic (exact) mass is 456 g/mol. The fraction of sp³-hybridized carbons (Fsp3) is 0.333. The zero-order valence-corrected chi connectivity index (χ0v) is 18.8. The highest BCUT2D eigenvalue weighted by Crippen LogP contribution is 2.25. The van der Waals surface area contributed by atoms with E-state index >= 15 is 0 Å². The van der Waals surface area contributed by atoms with Crippen LogP contribution in [-0.2, 0) is 24.4 Å². The van der Waals surface area contributed by atoms with Gasteiger partial charge in [-0.3, -0.25) is 9.69 Å². The molecule has 1 aromatic heterocycles.